The predicted octanol–water partition coefficient (Wildman–Crippen LogP) is 4.10. The van der Waals surface area contributed by atoms with E-state index >= 15 is 0 Å². The molecule has 1 atom stereocenters. The normalized spacial score (nSPS) is 21.3. The Morgan fingerprint density at radius 3 is 2.85 bits per heavy atom. The van der Waals surface area contributed by atoms with Crippen molar-refractivity contribution in [1.29, 1.82) is 0 Å². The van der Waals surface area contributed by atoms with E-state index in [9.17, 15) is 9.59 Å². The summed E-state index contributed by atoms with van der Waals surface area (Å²) in [4.78, 5) is 32.4. The number of benzene rings is 1. The zero-order valence-electron chi connectivity index (χ0n) is 14.0. The third-order valence-electron chi connectivity index (χ3n) is 5.02. The van der Waals surface area contributed by atoms with Crippen molar-refractivity contribution >= 4 is 61.6 Å². The van der Waals surface area contributed by atoms with Crippen molar-refractivity contribution in [3.63, 3.8) is 0 Å². The molecule has 1 unspecified atom stereocenters. The van der Waals surface area contributed by atoms with Crippen LogP contribution in [-0.4, -0.2) is 41.5 Å². The number of carbonyl (C=O) groups excluding carboxylic acids is 2. The van der Waals surface area contributed by atoms with Crippen LogP contribution in [-0.2, 0) is 10.2 Å². The lowest BCUT2D eigenvalue weighted by Crippen LogP contribution is -2.41. The van der Waals surface area contributed by atoms with Gasteiger partial charge in [-0.2, -0.15) is 0 Å². The number of rotatable bonds is 1. The Morgan fingerprint density at radius 1 is 1.38 bits per heavy atom. The molecule has 3 amide bonds. The number of nitrogens with zero attached hydrogens (tertiary/aromatic N) is 3. The van der Waals surface area contributed by atoms with E-state index in [0.29, 0.717) is 29.1 Å². The van der Waals surface area contributed by atoms with E-state index in [-0.39, 0.29) is 17.4 Å². The molecule has 0 radical (unpaired) electrons. The Kier molecular flexibility index (Phi) is 4.45. The lowest BCUT2D eigenvalue weighted by molar-refractivity contribution is -0.127. The van der Waals surface area contributed by atoms with E-state index in [1.807, 2.05) is 17.0 Å². The molecule has 1 spiro atoms. The number of aromatic nitrogens is 1. The summed E-state index contributed by atoms with van der Waals surface area (Å²) in [5.41, 5.74) is 1.74. The van der Waals surface area contributed by atoms with Crippen molar-refractivity contribution in [3.8, 4) is 0 Å². The maximum atomic E-state index is 12.9. The van der Waals surface area contributed by atoms with Gasteiger partial charge in [0.15, 0.2) is 5.13 Å². The van der Waals surface area contributed by atoms with E-state index < -0.39 is 0 Å². The van der Waals surface area contributed by atoms with Crippen molar-refractivity contribution in [2.75, 3.05) is 29.9 Å². The highest BCUT2D eigenvalue weighted by Gasteiger charge is 2.49. The van der Waals surface area contributed by atoms with Gasteiger partial charge in [-0.05, 0) is 30.2 Å². The molecule has 4 rings (SSSR count). The zero-order chi connectivity index (χ0) is 18.5. The van der Waals surface area contributed by atoms with Crippen LogP contribution >= 0.6 is 38.9 Å². The Balaban J connectivity index is 1.66. The third kappa shape index (κ3) is 3.00. The maximum Gasteiger partial charge on any atom is 0.328 e. The molecule has 3 heterocycles. The van der Waals surface area contributed by atoms with E-state index in [1.54, 1.807) is 11.8 Å². The molecule has 1 aromatic heterocycles. The summed E-state index contributed by atoms with van der Waals surface area (Å²) in [5.74, 6) is 0.0683. The fraction of sp³-hybridized carbons (Fsp3) is 0.353. The highest BCUT2D eigenvalue weighted by Crippen LogP contribution is 2.47. The largest absolute Gasteiger partial charge is 0.342 e. The number of likely N-dealkylation sites (tertiary alicyclic amines) is 1. The van der Waals surface area contributed by atoms with Crippen LogP contribution < -0.4 is 10.2 Å². The molecule has 1 saturated heterocycles. The summed E-state index contributed by atoms with van der Waals surface area (Å²) in [6, 6.07) is 5.69. The Labute approximate surface area is 168 Å². The number of hydrogen-bond acceptors (Lipinski definition) is 4. The number of nitrogens with one attached hydrogen (secondary N) is 1. The molecule has 1 fully saturated rings. The lowest BCUT2D eigenvalue weighted by atomic mass is 9.81. The van der Waals surface area contributed by atoms with E-state index in [2.05, 4.69) is 32.3 Å². The van der Waals surface area contributed by atoms with Gasteiger partial charge in [0, 0.05) is 42.1 Å². The Bertz CT molecular complexity index is 905. The third-order valence-corrected chi connectivity index (χ3v) is 6.54. The van der Waals surface area contributed by atoms with Crippen molar-refractivity contribution < 1.29 is 9.59 Å². The minimum atomic E-state index is -0.238. The molecule has 26 heavy (non-hydrogen) atoms. The first kappa shape index (κ1) is 17.8. The standard InChI is InChI=1S/C17H16BrClN4O2S/c1-10(24)22-5-4-17(8-22)9-23(13-3-2-11(18)6-12(13)17)16(25)21-15-20-7-14(19)26-15/h2-3,6-7H,4-5,8-9H2,1H3,(H,20,21,25). The molecule has 2 aliphatic rings. The van der Waals surface area contributed by atoms with Crippen LogP contribution in [0.2, 0.25) is 4.34 Å². The predicted molar refractivity (Wildman–Crippen MR) is 106 cm³/mol. The van der Waals surface area contributed by atoms with Crippen LogP contribution in [0.15, 0.2) is 28.9 Å². The van der Waals surface area contributed by atoms with Crippen molar-refractivity contribution in [1.82, 2.24) is 9.88 Å². The van der Waals surface area contributed by atoms with Crippen LogP contribution in [0.3, 0.4) is 0 Å². The molecule has 136 valence electrons. The molecule has 1 aromatic carbocycles. The average Bonchev–Trinajstić information content (AvgIpc) is 3.27. The molecular weight excluding hydrogens is 440 g/mol. The first-order valence-corrected chi connectivity index (χ1v) is 10.1. The van der Waals surface area contributed by atoms with E-state index in [4.69, 9.17) is 11.6 Å². The molecule has 9 heteroatoms. The lowest BCUT2D eigenvalue weighted by Gasteiger charge is -2.25. The highest BCUT2D eigenvalue weighted by atomic mass is 79.9. The van der Waals surface area contributed by atoms with Gasteiger partial charge in [0.05, 0.1) is 6.20 Å². The summed E-state index contributed by atoms with van der Waals surface area (Å²) < 4.78 is 1.49. The molecule has 2 aliphatic heterocycles. The quantitative estimate of drug-likeness (QED) is 0.704. The minimum Gasteiger partial charge on any atom is -0.342 e. The first-order chi connectivity index (χ1) is 12.4. The number of halogens is 2. The van der Waals surface area contributed by atoms with Gasteiger partial charge in [-0.3, -0.25) is 15.0 Å². The topological polar surface area (TPSA) is 65.5 Å². The second kappa shape index (κ2) is 6.51. The van der Waals surface area contributed by atoms with Crippen molar-refractivity contribution in [2.45, 2.75) is 18.8 Å². The summed E-state index contributed by atoms with van der Waals surface area (Å²) in [7, 11) is 0. The van der Waals surface area contributed by atoms with Crippen molar-refractivity contribution in [2.24, 2.45) is 0 Å². The van der Waals surface area contributed by atoms with Gasteiger partial charge >= 0.3 is 6.03 Å². The summed E-state index contributed by atoms with van der Waals surface area (Å²) in [6.07, 6.45) is 2.35. The fourth-order valence-electron chi connectivity index (χ4n) is 3.78. The Morgan fingerprint density at radius 2 is 2.19 bits per heavy atom. The van der Waals surface area contributed by atoms with Gasteiger partial charge in [0.2, 0.25) is 5.91 Å². The average molecular weight is 456 g/mol. The van der Waals surface area contributed by atoms with E-state index in [0.717, 1.165) is 22.1 Å². The highest BCUT2D eigenvalue weighted by molar-refractivity contribution is 9.10. The van der Waals surface area contributed by atoms with Crippen LogP contribution in [0.5, 0.6) is 0 Å². The molecule has 6 nitrogen and oxygen atoms in total. The van der Waals surface area contributed by atoms with Gasteiger partial charge in [0.1, 0.15) is 4.34 Å². The molecule has 2 aromatic rings. The van der Waals surface area contributed by atoms with Gasteiger partial charge < -0.3 is 4.90 Å². The number of hydrogen-bond donors (Lipinski definition) is 1. The van der Waals surface area contributed by atoms with Crippen LogP contribution in [0, 0.1) is 0 Å². The zero-order valence-corrected chi connectivity index (χ0v) is 17.1. The summed E-state index contributed by atoms with van der Waals surface area (Å²) >= 11 is 10.6. The number of urea groups is 1. The minimum absolute atomic E-state index is 0.0683. The van der Waals surface area contributed by atoms with Gasteiger partial charge in [-0.25, -0.2) is 9.78 Å². The van der Waals surface area contributed by atoms with Crippen LogP contribution in [0.4, 0.5) is 15.6 Å². The van der Waals surface area contributed by atoms with Crippen molar-refractivity contribution in [3.05, 3.63) is 38.8 Å². The van der Waals surface area contributed by atoms with Crippen LogP contribution in [0.25, 0.3) is 0 Å². The van der Waals surface area contributed by atoms with Gasteiger partial charge in [-0.1, -0.05) is 38.9 Å². The number of carbonyl (C=O) groups is 2. The van der Waals surface area contributed by atoms with Gasteiger partial charge in [0.25, 0.3) is 0 Å². The molecule has 0 aliphatic carbocycles. The molecule has 0 saturated carbocycles. The van der Waals surface area contributed by atoms with Gasteiger partial charge in [-0.15, -0.1) is 0 Å². The molecule has 1 N–H and O–H groups in total. The van der Waals surface area contributed by atoms with Crippen LogP contribution in [0.1, 0.15) is 18.9 Å². The first-order valence-electron chi connectivity index (χ1n) is 8.13. The summed E-state index contributed by atoms with van der Waals surface area (Å²) in [6.45, 7) is 3.46. The Hall–Kier alpha value is -1.64. The number of anilines is 2. The second-order valence-electron chi connectivity index (χ2n) is 6.62. The fourth-order valence-corrected chi connectivity index (χ4v) is 4.95. The monoisotopic (exact) mass is 454 g/mol. The second-order valence-corrected chi connectivity index (χ2v) is 9.20. The molecular formula is C17H16BrClN4O2S. The number of thiazole rings is 1. The molecule has 0 bridgehead atoms. The maximum absolute atomic E-state index is 12.9. The van der Waals surface area contributed by atoms with E-state index in [1.165, 1.54) is 17.5 Å². The summed E-state index contributed by atoms with van der Waals surface area (Å²) in [5, 5.41) is 3.29. The SMILES string of the molecule is CC(=O)N1CCC2(C1)CN(C(=O)Nc1ncc(Cl)s1)c1ccc(Br)cc12. The number of fused-ring (bicyclic) bond motifs is 2. The smallest absolute Gasteiger partial charge is 0.328 e. The number of amides is 3.